The molecule has 2 heterocycles. The molecule has 0 atom stereocenters. The first-order chi connectivity index (χ1) is 7.18. The summed E-state index contributed by atoms with van der Waals surface area (Å²) in [5, 5.41) is 0. The lowest BCUT2D eigenvalue weighted by molar-refractivity contribution is 0.0983. The van der Waals surface area contributed by atoms with Crippen molar-refractivity contribution < 1.29 is 9.53 Å². The van der Waals surface area contributed by atoms with E-state index in [1.54, 1.807) is 6.20 Å². The van der Waals surface area contributed by atoms with Gasteiger partial charge in [0, 0.05) is 12.1 Å². The number of carbonyl (C=O) groups is 1. The predicted molar refractivity (Wildman–Crippen MR) is 57.4 cm³/mol. The molecule has 1 aliphatic rings. The SMILES string of the molecule is CC(C)c1cc2c(cn1)OCCCC2=O. The summed E-state index contributed by atoms with van der Waals surface area (Å²) < 4.78 is 5.47. The van der Waals surface area contributed by atoms with Crippen molar-refractivity contribution in [1.82, 2.24) is 4.98 Å². The molecule has 1 aromatic rings. The summed E-state index contributed by atoms with van der Waals surface area (Å²) in [6.45, 7) is 4.75. The van der Waals surface area contributed by atoms with Gasteiger partial charge in [-0.05, 0) is 18.4 Å². The third-order valence-electron chi connectivity index (χ3n) is 2.59. The normalized spacial score (nSPS) is 15.8. The van der Waals surface area contributed by atoms with Crippen molar-refractivity contribution in [3.05, 3.63) is 23.5 Å². The molecule has 0 unspecified atom stereocenters. The van der Waals surface area contributed by atoms with Gasteiger partial charge in [0.2, 0.25) is 0 Å². The molecule has 80 valence electrons. The minimum absolute atomic E-state index is 0.173. The van der Waals surface area contributed by atoms with Crippen LogP contribution in [0.5, 0.6) is 5.75 Å². The van der Waals surface area contributed by atoms with E-state index >= 15 is 0 Å². The van der Waals surface area contributed by atoms with Crippen molar-refractivity contribution >= 4 is 5.78 Å². The van der Waals surface area contributed by atoms with E-state index in [0.29, 0.717) is 30.3 Å². The molecule has 1 aliphatic heterocycles. The Labute approximate surface area is 89.5 Å². The zero-order valence-corrected chi connectivity index (χ0v) is 9.12. The van der Waals surface area contributed by atoms with Gasteiger partial charge < -0.3 is 4.74 Å². The highest BCUT2D eigenvalue weighted by molar-refractivity contribution is 5.98. The molecular weight excluding hydrogens is 190 g/mol. The van der Waals surface area contributed by atoms with E-state index in [1.165, 1.54) is 0 Å². The van der Waals surface area contributed by atoms with Crippen LogP contribution in [-0.4, -0.2) is 17.4 Å². The van der Waals surface area contributed by atoms with Crippen LogP contribution in [0.4, 0.5) is 0 Å². The van der Waals surface area contributed by atoms with Gasteiger partial charge in [-0.15, -0.1) is 0 Å². The van der Waals surface area contributed by atoms with Crippen molar-refractivity contribution in [2.45, 2.75) is 32.6 Å². The van der Waals surface area contributed by atoms with E-state index in [-0.39, 0.29) is 5.78 Å². The highest BCUT2D eigenvalue weighted by Gasteiger charge is 2.18. The minimum atomic E-state index is 0.173. The van der Waals surface area contributed by atoms with Crippen molar-refractivity contribution in [3.8, 4) is 5.75 Å². The summed E-state index contributed by atoms with van der Waals surface area (Å²) in [4.78, 5) is 16.1. The Kier molecular flexibility index (Phi) is 2.71. The van der Waals surface area contributed by atoms with Crippen molar-refractivity contribution in [2.24, 2.45) is 0 Å². The smallest absolute Gasteiger partial charge is 0.166 e. The third kappa shape index (κ3) is 2.01. The molecule has 2 rings (SSSR count). The second kappa shape index (κ2) is 4.01. The van der Waals surface area contributed by atoms with Crippen LogP contribution in [0, 0.1) is 0 Å². The number of Topliss-reactive ketones (excluding diaryl/α,β-unsaturated/α-hetero) is 1. The number of ketones is 1. The van der Waals surface area contributed by atoms with Gasteiger partial charge in [-0.3, -0.25) is 9.78 Å². The van der Waals surface area contributed by atoms with Crippen LogP contribution in [0.1, 0.15) is 48.7 Å². The highest BCUT2D eigenvalue weighted by Crippen LogP contribution is 2.25. The fourth-order valence-corrected chi connectivity index (χ4v) is 1.66. The summed E-state index contributed by atoms with van der Waals surface area (Å²) in [6, 6.07) is 1.87. The van der Waals surface area contributed by atoms with Crippen LogP contribution in [0.25, 0.3) is 0 Å². The number of aromatic nitrogens is 1. The number of hydrogen-bond acceptors (Lipinski definition) is 3. The van der Waals surface area contributed by atoms with Crippen molar-refractivity contribution in [1.29, 1.82) is 0 Å². The Hall–Kier alpha value is -1.38. The molecule has 3 nitrogen and oxygen atoms in total. The first-order valence-corrected chi connectivity index (χ1v) is 5.34. The van der Waals surface area contributed by atoms with Gasteiger partial charge in [0.1, 0.15) is 5.75 Å². The first-order valence-electron chi connectivity index (χ1n) is 5.34. The van der Waals surface area contributed by atoms with E-state index in [2.05, 4.69) is 18.8 Å². The monoisotopic (exact) mass is 205 g/mol. The summed E-state index contributed by atoms with van der Waals surface area (Å²) in [6.07, 6.45) is 3.05. The third-order valence-corrected chi connectivity index (χ3v) is 2.59. The Bertz CT molecular complexity index is 385. The molecule has 0 amide bonds. The van der Waals surface area contributed by atoms with Crippen LogP contribution >= 0.6 is 0 Å². The molecule has 15 heavy (non-hydrogen) atoms. The minimum Gasteiger partial charge on any atom is -0.491 e. The molecular formula is C12H15NO2. The lowest BCUT2D eigenvalue weighted by Gasteiger charge is -2.09. The second-order valence-corrected chi connectivity index (χ2v) is 4.14. The van der Waals surface area contributed by atoms with E-state index < -0.39 is 0 Å². The average Bonchev–Trinajstić information content (AvgIpc) is 2.40. The lowest BCUT2D eigenvalue weighted by Crippen LogP contribution is -2.02. The summed E-state index contributed by atoms with van der Waals surface area (Å²) in [5.41, 5.74) is 1.65. The second-order valence-electron chi connectivity index (χ2n) is 4.14. The Balaban J connectivity index is 2.44. The van der Waals surface area contributed by atoms with Crippen molar-refractivity contribution in [2.75, 3.05) is 6.61 Å². The van der Waals surface area contributed by atoms with Gasteiger partial charge in [0.25, 0.3) is 0 Å². The van der Waals surface area contributed by atoms with Gasteiger partial charge in [-0.1, -0.05) is 13.8 Å². The van der Waals surface area contributed by atoms with Gasteiger partial charge in [0.15, 0.2) is 5.78 Å². The fraction of sp³-hybridized carbons (Fsp3) is 0.500. The Morgan fingerprint density at radius 1 is 1.47 bits per heavy atom. The molecule has 0 N–H and O–H groups in total. The Morgan fingerprint density at radius 3 is 3.00 bits per heavy atom. The predicted octanol–water partition coefficient (Wildman–Crippen LogP) is 2.56. The number of fused-ring (bicyclic) bond motifs is 1. The molecule has 0 spiro atoms. The molecule has 0 aliphatic carbocycles. The molecule has 0 aromatic carbocycles. The largest absolute Gasteiger partial charge is 0.491 e. The maximum atomic E-state index is 11.8. The van der Waals surface area contributed by atoms with Gasteiger partial charge in [-0.2, -0.15) is 0 Å². The van der Waals surface area contributed by atoms with Crippen molar-refractivity contribution in [3.63, 3.8) is 0 Å². The van der Waals surface area contributed by atoms with Gasteiger partial charge in [0.05, 0.1) is 18.4 Å². The highest BCUT2D eigenvalue weighted by atomic mass is 16.5. The summed E-state index contributed by atoms with van der Waals surface area (Å²) in [7, 11) is 0. The fourth-order valence-electron chi connectivity index (χ4n) is 1.66. The number of ether oxygens (including phenoxy) is 1. The number of carbonyl (C=O) groups excluding carboxylic acids is 1. The van der Waals surface area contributed by atoms with E-state index in [4.69, 9.17) is 4.74 Å². The van der Waals surface area contributed by atoms with Gasteiger partial charge in [-0.25, -0.2) is 0 Å². The van der Waals surface area contributed by atoms with E-state index in [9.17, 15) is 4.79 Å². The lowest BCUT2D eigenvalue weighted by atomic mass is 10.0. The summed E-state index contributed by atoms with van der Waals surface area (Å²) in [5.74, 6) is 1.15. The quantitative estimate of drug-likeness (QED) is 0.707. The van der Waals surface area contributed by atoms with Crippen LogP contribution in [0.15, 0.2) is 12.3 Å². The molecule has 0 saturated heterocycles. The van der Waals surface area contributed by atoms with Crippen LogP contribution in [0.3, 0.4) is 0 Å². The summed E-state index contributed by atoms with van der Waals surface area (Å²) >= 11 is 0. The molecule has 0 saturated carbocycles. The topological polar surface area (TPSA) is 39.2 Å². The maximum Gasteiger partial charge on any atom is 0.166 e. The van der Waals surface area contributed by atoms with Gasteiger partial charge >= 0.3 is 0 Å². The van der Waals surface area contributed by atoms with Crippen LogP contribution in [0.2, 0.25) is 0 Å². The number of hydrogen-bond donors (Lipinski definition) is 0. The van der Waals surface area contributed by atoms with Crippen LogP contribution in [-0.2, 0) is 0 Å². The first kappa shape index (κ1) is 10.1. The van der Waals surface area contributed by atoms with Crippen LogP contribution < -0.4 is 4.74 Å². The maximum absolute atomic E-state index is 11.8. The number of rotatable bonds is 1. The average molecular weight is 205 g/mol. The molecule has 0 radical (unpaired) electrons. The molecule has 1 aromatic heterocycles. The number of pyridine rings is 1. The molecule has 0 bridgehead atoms. The zero-order valence-electron chi connectivity index (χ0n) is 9.12. The standard InChI is InChI=1S/C12H15NO2/c1-8(2)10-6-9-11(14)4-3-5-15-12(9)7-13-10/h6-8H,3-5H2,1-2H3. The molecule has 0 fully saturated rings. The number of nitrogens with zero attached hydrogens (tertiary/aromatic N) is 1. The Morgan fingerprint density at radius 2 is 2.27 bits per heavy atom. The zero-order chi connectivity index (χ0) is 10.8. The van der Waals surface area contributed by atoms with E-state index in [0.717, 1.165) is 12.1 Å². The van der Waals surface area contributed by atoms with E-state index in [1.807, 2.05) is 6.07 Å². The molecule has 3 heteroatoms.